The fourth-order valence-corrected chi connectivity index (χ4v) is 2.51. The van der Waals surface area contributed by atoms with Crippen LogP contribution < -0.4 is 10.2 Å². The predicted molar refractivity (Wildman–Crippen MR) is 84.9 cm³/mol. The Kier molecular flexibility index (Phi) is 5.85. The first-order valence-corrected chi connectivity index (χ1v) is 7.46. The Labute approximate surface area is 130 Å². The van der Waals surface area contributed by atoms with Gasteiger partial charge in [-0.25, -0.2) is 0 Å². The second-order valence-corrected chi connectivity index (χ2v) is 5.62. The molecule has 1 N–H and O–H groups in total. The number of rotatable bonds is 6. The highest BCUT2D eigenvalue weighted by Crippen LogP contribution is 2.26. The van der Waals surface area contributed by atoms with E-state index in [-0.39, 0.29) is 5.91 Å². The smallest absolute Gasteiger partial charge is 0.241 e. The Bertz CT molecular complexity index is 496. The normalized spacial score (nSPS) is 15.7. The minimum absolute atomic E-state index is 0.138. The molecule has 0 unspecified atom stereocenters. The van der Waals surface area contributed by atoms with Crippen molar-refractivity contribution in [2.75, 3.05) is 51.8 Å². The van der Waals surface area contributed by atoms with Crippen molar-refractivity contribution in [2.45, 2.75) is 6.54 Å². The Morgan fingerprint density at radius 3 is 2.90 bits per heavy atom. The number of carbonyl (C=O) groups is 1. The highest BCUT2D eigenvalue weighted by Gasteiger charge is 2.22. The quantitative estimate of drug-likeness (QED) is 0.806. The van der Waals surface area contributed by atoms with Gasteiger partial charge in [-0.05, 0) is 17.7 Å². The summed E-state index contributed by atoms with van der Waals surface area (Å²) in [6.07, 6.45) is 0. The van der Waals surface area contributed by atoms with E-state index in [1.807, 2.05) is 25.2 Å². The van der Waals surface area contributed by atoms with E-state index in [2.05, 4.69) is 10.2 Å². The highest BCUT2D eigenvalue weighted by molar-refractivity contribution is 6.30. The zero-order chi connectivity index (χ0) is 15.2. The van der Waals surface area contributed by atoms with Crippen molar-refractivity contribution in [3.05, 3.63) is 28.8 Å². The number of likely N-dealkylation sites (N-methyl/N-ethyl adjacent to an activating group) is 1. The molecule has 21 heavy (non-hydrogen) atoms. The van der Waals surface area contributed by atoms with Crippen molar-refractivity contribution in [2.24, 2.45) is 0 Å². The van der Waals surface area contributed by atoms with E-state index < -0.39 is 0 Å². The number of halogens is 1. The number of nitrogens with one attached hydrogen (secondary N) is 1. The maximum absolute atomic E-state index is 11.9. The molecule has 1 aliphatic heterocycles. The van der Waals surface area contributed by atoms with E-state index in [9.17, 15) is 4.79 Å². The number of anilines is 1. The number of amides is 1. The summed E-state index contributed by atoms with van der Waals surface area (Å²) in [6, 6.07) is 5.84. The Balaban J connectivity index is 2.09. The predicted octanol–water partition coefficient (Wildman–Crippen LogP) is 1.35. The number of carbonyl (C=O) groups excluding carboxylic acids is 1. The monoisotopic (exact) mass is 311 g/mol. The van der Waals surface area contributed by atoms with Gasteiger partial charge in [0.05, 0.1) is 13.2 Å². The molecule has 1 fully saturated rings. The van der Waals surface area contributed by atoms with Crippen molar-refractivity contribution < 1.29 is 9.53 Å². The van der Waals surface area contributed by atoms with Gasteiger partial charge in [0.1, 0.15) is 0 Å². The molecule has 1 aromatic carbocycles. The van der Waals surface area contributed by atoms with Crippen LogP contribution in [0.5, 0.6) is 0 Å². The molecule has 0 saturated carbocycles. The molecule has 116 valence electrons. The lowest BCUT2D eigenvalue weighted by Gasteiger charge is -2.34. The molecule has 0 spiro atoms. The number of piperazine rings is 1. The van der Waals surface area contributed by atoms with Crippen molar-refractivity contribution in [3.63, 3.8) is 0 Å². The average Bonchev–Trinajstić information content (AvgIpc) is 2.48. The van der Waals surface area contributed by atoms with Crippen LogP contribution in [-0.4, -0.2) is 57.8 Å². The fourth-order valence-electron chi connectivity index (χ4n) is 2.34. The third-order valence-corrected chi connectivity index (χ3v) is 3.88. The summed E-state index contributed by atoms with van der Waals surface area (Å²) in [6.45, 7) is 4.17. The number of ether oxygens (including phenoxy) is 1. The summed E-state index contributed by atoms with van der Waals surface area (Å²) in [4.78, 5) is 15.8. The summed E-state index contributed by atoms with van der Waals surface area (Å²) < 4.78 is 5.03. The number of nitrogens with zero attached hydrogens (tertiary/aromatic N) is 2. The first-order chi connectivity index (χ1) is 10.1. The zero-order valence-electron chi connectivity index (χ0n) is 12.6. The van der Waals surface area contributed by atoms with Gasteiger partial charge in [0.15, 0.2) is 0 Å². The highest BCUT2D eigenvalue weighted by atomic mass is 35.5. The van der Waals surface area contributed by atoms with Gasteiger partial charge in [-0.2, -0.15) is 0 Å². The van der Waals surface area contributed by atoms with Gasteiger partial charge in [0.2, 0.25) is 5.91 Å². The second-order valence-electron chi connectivity index (χ2n) is 5.18. The molecule has 0 bridgehead atoms. The van der Waals surface area contributed by atoms with Gasteiger partial charge in [-0.1, -0.05) is 17.7 Å². The SMILES string of the molecule is COCCNCc1ccc(Cl)cc1N1CCN(C)C(=O)C1. The molecular weight excluding hydrogens is 290 g/mol. The van der Waals surface area contributed by atoms with E-state index in [1.165, 1.54) is 0 Å². The van der Waals surface area contributed by atoms with Crippen LogP contribution in [0.25, 0.3) is 0 Å². The molecule has 2 rings (SSSR count). The molecule has 1 aliphatic rings. The molecule has 6 heteroatoms. The minimum Gasteiger partial charge on any atom is -0.383 e. The standard InChI is InChI=1S/C15H22ClN3O2/c1-18-6-7-19(11-15(18)20)14-9-13(16)4-3-12(14)10-17-5-8-21-2/h3-4,9,17H,5-8,10-11H2,1-2H3. The zero-order valence-corrected chi connectivity index (χ0v) is 13.3. The largest absolute Gasteiger partial charge is 0.383 e. The summed E-state index contributed by atoms with van der Waals surface area (Å²) in [5.74, 6) is 0.138. The summed E-state index contributed by atoms with van der Waals surface area (Å²) in [7, 11) is 3.52. The van der Waals surface area contributed by atoms with E-state index >= 15 is 0 Å². The van der Waals surface area contributed by atoms with Crippen LogP contribution in [0, 0.1) is 0 Å². The third-order valence-electron chi connectivity index (χ3n) is 3.64. The molecule has 1 aromatic rings. The van der Waals surface area contributed by atoms with Crippen LogP contribution in [0.2, 0.25) is 5.02 Å². The minimum atomic E-state index is 0.138. The molecule has 5 nitrogen and oxygen atoms in total. The van der Waals surface area contributed by atoms with Crippen LogP contribution in [0.15, 0.2) is 18.2 Å². The van der Waals surface area contributed by atoms with E-state index in [0.717, 1.165) is 37.4 Å². The van der Waals surface area contributed by atoms with Crippen molar-refractivity contribution in [1.29, 1.82) is 0 Å². The fraction of sp³-hybridized carbons (Fsp3) is 0.533. The number of benzene rings is 1. The Hall–Kier alpha value is -1.30. The summed E-state index contributed by atoms with van der Waals surface area (Å²) >= 11 is 6.12. The maximum Gasteiger partial charge on any atom is 0.241 e. The maximum atomic E-state index is 11.9. The number of hydrogen-bond acceptors (Lipinski definition) is 4. The molecular formula is C15H22ClN3O2. The van der Waals surface area contributed by atoms with Crippen LogP contribution in [0.1, 0.15) is 5.56 Å². The Morgan fingerprint density at radius 1 is 1.38 bits per heavy atom. The third kappa shape index (κ3) is 4.33. The van der Waals surface area contributed by atoms with Gasteiger partial charge in [0, 0.05) is 51.0 Å². The van der Waals surface area contributed by atoms with Gasteiger partial charge in [-0.3, -0.25) is 4.79 Å². The van der Waals surface area contributed by atoms with Crippen molar-refractivity contribution in [3.8, 4) is 0 Å². The molecule has 0 aliphatic carbocycles. The van der Waals surface area contributed by atoms with Crippen LogP contribution in [-0.2, 0) is 16.1 Å². The summed E-state index contributed by atoms with van der Waals surface area (Å²) in [5, 5.41) is 4.02. The van der Waals surface area contributed by atoms with Crippen LogP contribution in [0.3, 0.4) is 0 Å². The van der Waals surface area contributed by atoms with Crippen LogP contribution in [0.4, 0.5) is 5.69 Å². The first-order valence-electron chi connectivity index (χ1n) is 7.09. The van der Waals surface area contributed by atoms with E-state index in [4.69, 9.17) is 16.3 Å². The van der Waals surface area contributed by atoms with E-state index in [1.54, 1.807) is 12.0 Å². The lowest BCUT2D eigenvalue weighted by Crippen LogP contribution is -2.48. The average molecular weight is 312 g/mol. The molecule has 1 saturated heterocycles. The van der Waals surface area contributed by atoms with Gasteiger partial charge in [0.25, 0.3) is 0 Å². The van der Waals surface area contributed by atoms with Gasteiger partial charge in [-0.15, -0.1) is 0 Å². The van der Waals surface area contributed by atoms with Crippen LogP contribution >= 0.6 is 11.6 Å². The molecule has 1 amide bonds. The summed E-state index contributed by atoms with van der Waals surface area (Å²) in [5.41, 5.74) is 2.18. The second kappa shape index (κ2) is 7.64. The van der Waals surface area contributed by atoms with E-state index in [0.29, 0.717) is 18.2 Å². The molecule has 0 atom stereocenters. The number of hydrogen-bond donors (Lipinski definition) is 1. The molecule has 0 aromatic heterocycles. The lowest BCUT2D eigenvalue weighted by molar-refractivity contribution is -0.129. The Morgan fingerprint density at radius 2 is 2.19 bits per heavy atom. The molecule has 0 radical (unpaired) electrons. The number of methoxy groups -OCH3 is 1. The van der Waals surface area contributed by atoms with Crippen molar-refractivity contribution in [1.82, 2.24) is 10.2 Å². The van der Waals surface area contributed by atoms with Gasteiger partial charge < -0.3 is 19.9 Å². The van der Waals surface area contributed by atoms with Gasteiger partial charge >= 0.3 is 0 Å². The molecule has 1 heterocycles. The lowest BCUT2D eigenvalue weighted by atomic mass is 10.1. The van der Waals surface area contributed by atoms with Crippen molar-refractivity contribution >= 4 is 23.2 Å². The first kappa shape index (κ1) is 16.1. The topological polar surface area (TPSA) is 44.8 Å².